The number of nitrogens with one attached hydrogen (secondary N) is 1. The SMILES string of the molecule is [B]C1CCC(COP(=O)(O)OP(=O)(O)OP(=O)(O)O)N1. The highest BCUT2D eigenvalue weighted by atomic mass is 31.3. The van der Waals surface area contributed by atoms with Crippen molar-refractivity contribution < 1.29 is 46.4 Å². The van der Waals surface area contributed by atoms with Crippen molar-refractivity contribution in [2.24, 2.45) is 0 Å². The Morgan fingerprint density at radius 3 is 2.10 bits per heavy atom. The number of phosphoric ester groups is 1. The maximum absolute atomic E-state index is 11.3. The molecule has 4 unspecified atom stereocenters. The first kappa shape index (κ1) is 18.5. The molecule has 0 aromatic heterocycles. The quantitative estimate of drug-likeness (QED) is 0.298. The van der Waals surface area contributed by atoms with E-state index in [1.165, 1.54) is 0 Å². The highest BCUT2D eigenvalue weighted by Gasteiger charge is 2.41. The molecule has 2 radical (unpaired) electrons. The Morgan fingerprint density at radius 1 is 1.05 bits per heavy atom. The van der Waals surface area contributed by atoms with E-state index in [-0.39, 0.29) is 18.6 Å². The third-order valence-corrected chi connectivity index (χ3v) is 5.93. The van der Waals surface area contributed by atoms with Crippen molar-refractivity contribution in [2.45, 2.75) is 24.8 Å². The molecule has 1 aliphatic rings. The summed E-state index contributed by atoms with van der Waals surface area (Å²) in [5, 5.41) is 2.81. The predicted molar refractivity (Wildman–Crippen MR) is 65.5 cm³/mol. The lowest BCUT2D eigenvalue weighted by atomic mass is 9.96. The van der Waals surface area contributed by atoms with Crippen LogP contribution in [0.4, 0.5) is 0 Å². The summed E-state index contributed by atoms with van der Waals surface area (Å²) in [5.41, 5.74) is 0. The van der Waals surface area contributed by atoms with Crippen molar-refractivity contribution in [1.29, 1.82) is 0 Å². The lowest BCUT2D eigenvalue weighted by Crippen LogP contribution is -2.32. The number of hydrogen-bond acceptors (Lipinski definition) is 7. The molecule has 15 heteroatoms. The minimum atomic E-state index is -5.46. The standard InChI is InChI=1S/C5H13BNO10P3/c6-5-2-1-4(7-5)3-15-19(11,12)17-20(13,14)16-18(8,9)10/h4-5,7H,1-3H2,(H,11,12)(H,13,14)(H2,8,9,10). The van der Waals surface area contributed by atoms with Crippen molar-refractivity contribution in [3.05, 3.63) is 0 Å². The molecule has 5 N–H and O–H groups in total. The van der Waals surface area contributed by atoms with Crippen LogP contribution in [-0.4, -0.2) is 46.0 Å². The van der Waals surface area contributed by atoms with Gasteiger partial charge in [-0.05, 0) is 18.8 Å². The van der Waals surface area contributed by atoms with Crippen LogP contribution in [0.1, 0.15) is 12.8 Å². The molecule has 1 saturated heterocycles. The number of phosphoric acid groups is 3. The first-order valence-electron chi connectivity index (χ1n) is 5.18. The zero-order chi connectivity index (χ0) is 15.6. The molecule has 0 saturated carbocycles. The molecule has 0 aromatic rings. The Bertz CT molecular complexity index is 480. The van der Waals surface area contributed by atoms with E-state index in [1.54, 1.807) is 0 Å². The fourth-order valence-electron chi connectivity index (χ4n) is 1.47. The van der Waals surface area contributed by atoms with Crippen molar-refractivity contribution in [3.8, 4) is 0 Å². The van der Waals surface area contributed by atoms with Crippen LogP contribution in [-0.2, 0) is 26.8 Å². The second kappa shape index (κ2) is 6.68. The molecule has 1 rings (SSSR count). The summed E-state index contributed by atoms with van der Waals surface area (Å²) < 4.78 is 44.3. The summed E-state index contributed by atoms with van der Waals surface area (Å²) in [4.78, 5) is 34.7. The average molecular weight is 351 g/mol. The molecule has 1 aliphatic heterocycles. The Morgan fingerprint density at radius 2 is 1.65 bits per heavy atom. The maximum Gasteiger partial charge on any atom is 0.490 e. The maximum atomic E-state index is 11.3. The molecule has 1 fully saturated rings. The van der Waals surface area contributed by atoms with Gasteiger partial charge in [-0.25, -0.2) is 13.7 Å². The summed E-state index contributed by atoms with van der Waals surface area (Å²) >= 11 is 0. The van der Waals surface area contributed by atoms with Gasteiger partial charge in [0.25, 0.3) is 0 Å². The normalized spacial score (nSPS) is 29.8. The molecule has 0 amide bonds. The van der Waals surface area contributed by atoms with Crippen molar-refractivity contribution in [3.63, 3.8) is 0 Å². The third-order valence-electron chi connectivity index (χ3n) is 2.13. The molecule has 20 heavy (non-hydrogen) atoms. The van der Waals surface area contributed by atoms with E-state index in [4.69, 9.17) is 27.4 Å². The molecule has 0 aliphatic carbocycles. The Balaban J connectivity index is 2.50. The number of hydrogen-bond donors (Lipinski definition) is 5. The molecule has 0 bridgehead atoms. The summed E-state index contributed by atoms with van der Waals surface area (Å²) in [6.45, 7) is -0.350. The molecular weight excluding hydrogens is 338 g/mol. The molecule has 4 atom stereocenters. The van der Waals surface area contributed by atoms with Gasteiger partial charge in [-0.15, -0.1) is 0 Å². The highest BCUT2D eigenvalue weighted by Crippen LogP contribution is 2.66. The van der Waals surface area contributed by atoms with Crippen LogP contribution in [0.15, 0.2) is 0 Å². The largest absolute Gasteiger partial charge is 0.490 e. The van der Waals surface area contributed by atoms with Gasteiger partial charge < -0.3 is 24.9 Å². The Labute approximate surface area is 115 Å². The summed E-state index contributed by atoms with van der Waals surface area (Å²) in [5.74, 6) is -0.287. The van der Waals surface area contributed by atoms with E-state index in [1.807, 2.05) is 0 Å². The van der Waals surface area contributed by atoms with Gasteiger partial charge in [-0.1, -0.05) is 0 Å². The molecule has 0 aromatic carbocycles. The van der Waals surface area contributed by atoms with E-state index in [9.17, 15) is 13.7 Å². The molecule has 0 spiro atoms. The van der Waals surface area contributed by atoms with Crippen molar-refractivity contribution in [1.82, 2.24) is 5.32 Å². The first-order valence-corrected chi connectivity index (χ1v) is 9.71. The van der Waals surface area contributed by atoms with E-state index < -0.39 is 23.5 Å². The Hall–Kier alpha value is 0.435. The van der Waals surface area contributed by atoms with Crippen LogP contribution in [0.25, 0.3) is 0 Å². The topological polar surface area (TPSA) is 172 Å². The smallest absolute Gasteiger partial charge is 0.318 e. The number of rotatable bonds is 7. The van der Waals surface area contributed by atoms with Crippen molar-refractivity contribution >= 4 is 31.3 Å². The van der Waals surface area contributed by atoms with Crippen LogP contribution in [0.2, 0.25) is 0 Å². The summed E-state index contributed by atoms with van der Waals surface area (Å²) in [7, 11) is -10.4. The van der Waals surface area contributed by atoms with Gasteiger partial charge >= 0.3 is 23.5 Å². The minimum Gasteiger partial charge on any atom is -0.318 e. The molecule has 11 nitrogen and oxygen atoms in total. The van der Waals surface area contributed by atoms with Gasteiger partial charge in [0.1, 0.15) is 0 Å². The lowest BCUT2D eigenvalue weighted by Gasteiger charge is -2.18. The monoisotopic (exact) mass is 351 g/mol. The van der Waals surface area contributed by atoms with E-state index in [0.29, 0.717) is 12.8 Å². The second-order valence-electron chi connectivity index (χ2n) is 3.93. The molecular formula is C5H13BNO10P3. The van der Waals surface area contributed by atoms with Crippen LogP contribution < -0.4 is 5.32 Å². The van der Waals surface area contributed by atoms with E-state index in [0.717, 1.165) is 0 Å². The second-order valence-corrected chi connectivity index (χ2v) is 8.35. The molecule has 1 heterocycles. The summed E-state index contributed by atoms with van der Waals surface area (Å²) in [6.07, 6.45) is 1.17. The summed E-state index contributed by atoms with van der Waals surface area (Å²) in [6, 6.07) is -0.352. The highest BCUT2D eigenvalue weighted by molar-refractivity contribution is 7.66. The van der Waals surface area contributed by atoms with Crippen molar-refractivity contribution in [2.75, 3.05) is 6.61 Å². The third kappa shape index (κ3) is 7.45. The lowest BCUT2D eigenvalue weighted by molar-refractivity contribution is 0.162. The zero-order valence-electron chi connectivity index (χ0n) is 9.93. The minimum absolute atomic E-state index is 0.287. The zero-order valence-corrected chi connectivity index (χ0v) is 12.6. The van der Waals surface area contributed by atoms with E-state index in [2.05, 4.69) is 18.5 Å². The van der Waals surface area contributed by atoms with Gasteiger partial charge in [0.15, 0.2) is 0 Å². The van der Waals surface area contributed by atoms with Crippen LogP contribution in [0.3, 0.4) is 0 Å². The first-order chi connectivity index (χ1) is 8.89. The van der Waals surface area contributed by atoms with Gasteiger partial charge in [-0.2, -0.15) is 8.62 Å². The van der Waals surface area contributed by atoms with Gasteiger partial charge in [-0.3, -0.25) is 4.52 Å². The Kier molecular flexibility index (Phi) is 6.18. The fraction of sp³-hybridized carbons (Fsp3) is 1.00. The predicted octanol–water partition coefficient (Wildman–Crippen LogP) is -0.424. The van der Waals surface area contributed by atoms with Gasteiger partial charge in [0.05, 0.1) is 14.5 Å². The van der Waals surface area contributed by atoms with Crippen LogP contribution in [0.5, 0.6) is 0 Å². The van der Waals surface area contributed by atoms with Gasteiger partial charge in [0.2, 0.25) is 0 Å². The average Bonchev–Trinajstić information content (AvgIpc) is 2.55. The van der Waals surface area contributed by atoms with Crippen LogP contribution >= 0.6 is 23.5 Å². The van der Waals surface area contributed by atoms with Gasteiger partial charge in [0, 0.05) is 6.04 Å². The fourth-order valence-corrected chi connectivity index (χ4v) is 4.53. The van der Waals surface area contributed by atoms with E-state index >= 15 is 0 Å². The molecule has 116 valence electrons. The van der Waals surface area contributed by atoms with Crippen LogP contribution in [0, 0.1) is 0 Å².